The summed E-state index contributed by atoms with van der Waals surface area (Å²) in [6, 6.07) is 8.46. The van der Waals surface area contributed by atoms with Crippen LogP contribution in [0.2, 0.25) is 0 Å². The Morgan fingerprint density at radius 2 is 2.00 bits per heavy atom. The molecule has 1 aromatic heterocycles. The van der Waals surface area contributed by atoms with Crippen molar-refractivity contribution in [3.05, 3.63) is 46.0 Å². The highest BCUT2D eigenvalue weighted by Crippen LogP contribution is 2.06. The van der Waals surface area contributed by atoms with E-state index in [9.17, 15) is 0 Å². The molecule has 2 rings (SSSR count). The van der Waals surface area contributed by atoms with E-state index in [0.29, 0.717) is 4.77 Å². The fourth-order valence-electron chi connectivity index (χ4n) is 1.52. The Bertz CT molecular complexity index is 524. The highest BCUT2D eigenvalue weighted by atomic mass is 32.1. The first-order valence-electron chi connectivity index (χ1n) is 5.14. The monoisotopic (exact) mass is 234 g/mol. The third-order valence-corrected chi connectivity index (χ3v) is 2.82. The molecule has 1 aromatic carbocycles. The van der Waals surface area contributed by atoms with Crippen LogP contribution in [0, 0.1) is 11.7 Å². The molecule has 0 aliphatic carbocycles. The topological polar surface area (TPSA) is 59.6 Å². The van der Waals surface area contributed by atoms with E-state index in [1.807, 2.05) is 0 Å². The number of aryl methyl sites for hydroxylation is 3. The maximum Gasteiger partial charge on any atom is 0.214 e. The third kappa shape index (κ3) is 2.30. The van der Waals surface area contributed by atoms with Gasteiger partial charge in [0.25, 0.3) is 0 Å². The lowest BCUT2D eigenvalue weighted by molar-refractivity contribution is 0.799. The van der Waals surface area contributed by atoms with Crippen LogP contribution >= 0.6 is 12.2 Å². The van der Waals surface area contributed by atoms with E-state index < -0.39 is 0 Å². The number of nitrogens with one attached hydrogen (secondary N) is 1. The quantitative estimate of drug-likeness (QED) is 0.628. The van der Waals surface area contributed by atoms with Crippen molar-refractivity contribution in [3.8, 4) is 0 Å². The number of hydrogen-bond acceptors (Lipinski definition) is 3. The molecular formula is C11H14N4S. The summed E-state index contributed by atoms with van der Waals surface area (Å²) in [6.07, 6.45) is 1.70. The average Bonchev–Trinajstić information content (AvgIpc) is 2.60. The number of aromatic amines is 1. The SMILES string of the molecule is Cc1ccc(CCc2n[nH]c(=S)n2N)cc1. The highest BCUT2D eigenvalue weighted by molar-refractivity contribution is 7.71. The average molecular weight is 234 g/mol. The van der Waals surface area contributed by atoms with Gasteiger partial charge in [-0.3, -0.25) is 5.10 Å². The molecule has 0 amide bonds. The van der Waals surface area contributed by atoms with Crippen molar-refractivity contribution < 1.29 is 0 Å². The van der Waals surface area contributed by atoms with Gasteiger partial charge in [0.1, 0.15) is 0 Å². The molecule has 0 aliphatic heterocycles. The number of nitrogens with zero attached hydrogens (tertiary/aromatic N) is 2. The van der Waals surface area contributed by atoms with Gasteiger partial charge in [-0.25, -0.2) is 4.68 Å². The van der Waals surface area contributed by atoms with Crippen molar-refractivity contribution in [2.45, 2.75) is 19.8 Å². The van der Waals surface area contributed by atoms with Crippen LogP contribution < -0.4 is 5.84 Å². The van der Waals surface area contributed by atoms with Crippen LogP contribution in [0.15, 0.2) is 24.3 Å². The number of nitrogens with two attached hydrogens (primary N) is 1. The summed E-state index contributed by atoms with van der Waals surface area (Å²) in [5, 5.41) is 6.74. The van der Waals surface area contributed by atoms with Gasteiger partial charge in [0.2, 0.25) is 4.77 Å². The second-order valence-corrected chi connectivity index (χ2v) is 4.19. The van der Waals surface area contributed by atoms with E-state index in [4.69, 9.17) is 18.1 Å². The second-order valence-electron chi connectivity index (χ2n) is 3.80. The predicted molar refractivity (Wildman–Crippen MR) is 66.1 cm³/mol. The molecular weight excluding hydrogens is 220 g/mol. The van der Waals surface area contributed by atoms with Crippen molar-refractivity contribution >= 4 is 12.2 Å². The van der Waals surface area contributed by atoms with E-state index in [0.717, 1.165) is 18.7 Å². The number of H-pyrrole nitrogens is 1. The zero-order chi connectivity index (χ0) is 11.5. The number of nitrogen functional groups attached to an aromatic ring is 1. The van der Waals surface area contributed by atoms with Crippen molar-refractivity contribution in [3.63, 3.8) is 0 Å². The number of benzene rings is 1. The molecule has 0 spiro atoms. The first kappa shape index (κ1) is 10.9. The van der Waals surface area contributed by atoms with E-state index in [2.05, 4.69) is 41.4 Å². The lowest BCUT2D eigenvalue weighted by atomic mass is 10.1. The van der Waals surface area contributed by atoms with E-state index in [1.54, 1.807) is 0 Å². The lowest BCUT2D eigenvalue weighted by Gasteiger charge is -2.01. The minimum atomic E-state index is 0.457. The maximum atomic E-state index is 5.71. The van der Waals surface area contributed by atoms with Crippen LogP contribution in [0.5, 0.6) is 0 Å². The zero-order valence-electron chi connectivity index (χ0n) is 9.10. The number of hydrogen-bond donors (Lipinski definition) is 2. The molecule has 1 heterocycles. The van der Waals surface area contributed by atoms with E-state index in [1.165, 1.54) is 15.8 Å². The summed E-state index contributed by atoms with van der Waals surface area (Å²) in [7, 11) is 0. The molecule has 84 valence electrons. The highest BCUT2D eigenvalue weighted by Gasteiger charge is 2.03. The summed E-state index contributed by atoms with van der Waals surface area (Å²) < 4.78 is 1.88. The Morgan fingerprint density at radius 1 is 1.31 bits per heavy atom. The van der Waals surface area contributed by atoms with Crippen molar-refractivity contribution in [1.82, 2.24) is 14.9 Å². The predicted octanol–water partition coefficient (Wildman–Crippen LogP) is 1.75. The molecule has 0 unspecified atom stereocenters. The standard InChI is InChI=1S/C11H14N4S/c1-8-2-4-9(5-3-8)6-7-10-13-14-11(16)15(10)12/h2-5H,6-7,12H2,1H3,(H,14,16). The fourth-order valence-corrected chi connectivity index (χ4v) is 1.68. The van der Waals surface area contributed by atoms with Crippen molar-refractivity contribution in [2.75, 3.05) is 5.84 Å². The Hall–Kier alpha value is -1.62. The fraction of sp³-hybridized carbons (Fsp3) is 0.273. The van der Waals surface area contributed by atoms with Gasteiger partial charge in [0, 0.05) is 6.42 Å². The lowest BCUT2D eigenvalue weighted by Crippen LogP contribution is -2.13. The summed E-state index contributed by atoms with van der Waals surface area (Å²) in [6.45, 7) is 2.08. The van der Waals surface area contributed by atoms with Crippen LogP contribution in [0.4, 0.5) is 0 Å². The maximum absolute atomic E-state index is 5.71. The van der Waals surface area contributed by atoms with Gasteiger partial charge >= 0.3 is 0 Å². The van der Waals surface area contributed by atoms with Gasteiger partial charge in [-0.1, -0.05) is 29.8 Å². The molecule has 2 aromatic rings. The Labute approximate surface area is 99.1 Å². The second kappa shape index (κ2) is 4.49. The Balaban J connectivity index is 2.05. The van der Waals surface area contributed by atoms with Gasteiger partial charge in [0.05, 0.1) is 0 Å². The van der Waals surface area contributed by atoms with Gasteiger partial charge in [0.15, 0.2) is 5.82 Å². The molecule has 16 heavy (non-hydrogen) atoms. The van der Waals surface area contributed by atoms with E-state index >= 15 is 0 Å². The third-order valence-electron chi connectivity index (χ3n) is 2.54. The zero-order valence-corrected chi connectivity index (χ0v) is 9.92. The van der Waals surface area contributed by atoms with Gasteiger partial charge in [-0.05, 0) is 31.1 Å². The van der Waals surface area contributed by atoms with Gasteiger partial charge < -0.3 is 5.84 Å². The Kier molecular flexibility index (Phi) is 3.05. The molecule has 0 saturated heterocycles. The summed E-state index contributed by atoms with van der Waals surface area (Å²) in [5.41, 5.74) is 2.55. The Morgan fingerprint density at radius 3 is 2.56 bits per heavy atom. The van der Waals surface area contributed by atoms with Crippen molar-refractivity contribution in [1.29, 1.82) is 0 Å². The minimum absolute atomic E-state index is 0.457. The summed E-state index contributed by atoms with van der Waals surface area (Å²) in [5.74, 6) is 6.49. The first-order chi connectivity index (χ1) is 7.66. The van der Waals surface area contributed by atoms with Crippen molar-refractivity contribution in [2.24, 2.45) is 0 Å². The minimum Gasteiger partial charge on any atom is -0.335 e. The molecule has 3 N–H and O–H groups in total. The van der Waals surface area contributed by atoms with Crippen LogP contribution in [0.1, 0.15) is 17.0 Å². The number of rotatable bonds is 3. The molecule has 0 saturated carbocycles. The van der Waals surface area contributed by atoms with Crippen LogP contribution in [-0.4, -0.2) is 14.9 Å². The molecule has 5 heteroatoms. The summed E-state index contributed by atoms with van der Waals surface area (Å²) >= 11 is 4.94. The van der Waals surface area contributed by atoms with E-state index in [-0.39, 0.29) is 0 Å². The normalized spacial score (nSPS) is 10.6. The molecule has 0 radical (unpaired) electrons. The summed E-state index contributed by atoms with van der Waals surface area (Å²) in [4.78, 5) is 0. The van der Waals surface area contributed by atoms with Crippen LogP contribution in [0.3, 0.4) is 0 Å². The molecule has 0 fully saturated rings. The van der Waals surface area contributed by atoms with Gasteiger partial charge in [-0.2, -0.15) is 5.10 Å². The molecule has 0 atom stereocenters. The largest absolute Gasteiger partial charge is 0.335 e. The van der Waals surface area contributed by atoms with Crippen LogP contribution in [0.25, 0.3) is 0 Å². The van der Waals surface area contributed by atoms with Crippen LogP contribution in [-0.2, 0) is 12.8 Å². The molecule has 0 bridgehead atoms. The molecule has 4 nitrogen and oxygen atoms in total. The number of aromatic nitrogens is 3. The smallest absolute Gasteiger partial charge is 0.214 e. The first-order valence-corrected chi connectivity index (χ1v) is 5.54. The molecule has 0 aliphatic rings. The van der Waals surface area contributed by atoms with Gasteiger partial charge in [-0.15, -0.1) is 0 Å².